The molecule has 28 heavy (non-hydrogen) atoms. The molecule has 0 saturated heterocycles. The quantitative estimate of drug-likeness (QED) is 0.507. The molecular formula is C19H23ClN6O2. The van der Waals surface area contributed by atoms with Crippen LogP contribution in [0.15, 0.2) is 39.0 Å². The maximum absolute atomic E-state index is 13.0. The minimum atomic E-state index is -0.428. The molecule has 0 bridgehead atoms. The number of hydrogen-bond donors (Lipinski definition) is 1. The van der Waals surface area contributed by atoms with Crippen molar-refractivity contribution >= 4 is 34.4 Å². The lowest BCUT2D eigenvalue weighted by molar-refractivity contribution is 0.655. The number of hydrogen-bond acceptors (Lipinski definition) is 5. The van der Waals surface area contributed by atoms with Gasteiger partial charge in [-0.2, -0.15) is 10.1 Å². The summed E-state index contributed by atoms with van der Waals surface area (Å²) in [5.74, 6) is 0.404. The number of anilines is 1. The number of halogens is 1. The lowest BCUT2D eigenvalue weighted by atomic mass is 10.2. The summed E-state index contributed by atoms with van der Waals surface area (Å²) in [5, 5.41) is 4.89. The Hall–Kier alpha value is -2.87. The second kappa shape index (κ2) is 8.02. The summed E-state index contributed by atoms with van der Waals surface area (Å²) in [7, 11) is 3.33. The summed E-state index contributed by atoms with van der Waals surface area (Å²) in [6.45, 7) is 4.15. The van der Waals surface area contributed by atoms with Crippen LogP contribution in [0.5, 0.6) is 0 Å². The third-order valence-electron chi connectivity index (χ3n) is 4.57. The molecule has 1 N–H and O–H groups in total. The average molecular weight is 403 g/mol. The van der Waals surface area contributed by atoms with E-state index in [9.17, 15) is 9.59 Å². The van der Waals surface area contributed by atoms with Crippen molar-refractivity contribution in [1.29, 1.82) is 0 Å². The summed E-state index contributed by atoms with van der Waals surface area (Å²) in [4.78, 5) is 30.2. The highest BCUT2D eigenvalue weighted by Gasteiger charge is 2.18. The van der Waals surface area contributed by atoms with Gasteiger partial charge in [0.15, 0.2) is 11.2 Å². The van der Waals surface area contributed by atoms with E-state index in [0.717, 1.165) is 24.1 Å². The third-order valence-corrected chi connectivity index (χ3v) is 4.82. The van der Waals surface area contributed by atoms with Gasteiger partial charge < -0.3 is 4.57 Å². The van der Waals surface area contributed by atoms with Crippen LogP contribution >= 0.6 is 11.6 Å². The summed E-state index contributed by atoms with van der Waals surface area (Å²) < 4.78 is 4.20. The standard InChI is InChI=1S/C19H23ClN6O2/c1-5-6-12(2)22-23-18-21-16-15(24(18)3)17(27)26(19(28)25(16)4)11-13-7-9-14(20)10-8-13/h7-10H,5-6,11H2,1-4H3,(H,21,23)/b22-12-. The molecule has 9 heteroatoms. The summed E-state index contributed by atoms with van der Waals surface area (Å²) in [5.41, 5.74) is 4.47. The number of aryl methyl sites for hydroxylation is 2. The summed E-state index contributed by atoms with van der Waals surface area (Å²) in [6.07, 6.45) is 1.85. The van der Waals surface area contributed by atoms with Crippen LogP contribution in [0.4, 0.5) is 5.95 Å². The number of rotatable bonds is 6. The van der Waals surface area contributed by atoms with Crippen molar-refractivity contribution in [1.82, 2.24) is 18.7 Å². The molecule has 8 nitrogen and oxygen atoms in total. The average Bonchev–Trinajstić information content (AvgIpc) is 3.00. The monoisotopic (exact) mass is 402 g/mol. The lowest BCUT2D eigenvalue weighted by Crippen LogP contribution is -2.39. The highest BCUT2D eigenvalue weighted by molar-refractivity contribution is 6.30. The van der Waals surface area contributed by atoms with Crippen LogP contribution in [0.3, 0.4) is 0 Å². The van der Waals surface area contributed by atoms with Crippen LogP contribution in [0.2, 0.25) is 5.02 Å². The summed E-state index contributed by atoms with van der Waals surface area (Å²) >= 11 is 5.91. The minimum Gasteiger partial charge on any atom is -0.306 e. The van der Waals surface area contributed by atoms with Crippen LogP contribution < -0.4 is 16.7 Å². The first-order valence-electron chi connectivity index (χ1n) is 9.03. The molecule has 3 rings (SSSR count). The van der Waals surface area contributed by atoms with E-state index in [2.05, 4.69) is 22.4 Å². The Bertz CT molecular complexity index is 1150. The molecule has 0 unspecified atom stereocenters. The Morgan fingerprint density at radius 2 is 1.86 bits per heavy atom. The number of imidazole rings is 1. The molecule has 0 spiro atoms. The fourth-order valence-corrected chi connectivity index (χ4v) is 3.14. The Labute approximate surface area is 167 Å². The number of aromatic nitrogens is 4. The van der Waals surface area contributed by atoms with Crippen LogP contribution in [0.1, 0.15) is 32.3 Å². The van der Waals surface area contributed by atoms with Gasteiger partial charge in [-0.05, 0) is 31.0 Å². The first-order valence-corrected chi connectivity index (χ1v) is 9.41. The van der Waals surface area contributed by atoms with Gasteiger partial charge in [0.05, 0.1) is 6.54 Å². The molecule has 2 heterocycles. The lowest BCUT2D eigenvalue weighted by Gasteiger charge is -2.09. The maximum atomic E-state index is 13.0. The van der Waals surface area contributed by atoms with Gasteiger partial charge in [0.1, 0.15) is 0 Å². The van der Waals surface area contributed by atoms with Gasteiger partial charge in [-0.3, -0.25) is 13.9 Å². The molecule has 0 fully saturated rings. The van der Waals surface area contributed by atoms with Gasteiger partial charge in [0.2, 0.25) is 5.95 Å². The Kier molecular flexibility index (Phi) is 5.69. The van der Waals surface area contributed by atoms with Crippen molar-refractivity contribution in [2.45, 2.75) is 33.2 Å². The molecule has 2 aromatic heterocycles. The SMILES string of the molecule is CCC/C(C)=N\Nc1nc2c(c(=O)n(Cc3ccc(Cl)cc3)c(=O)n2C)n1C. The van der Waals surface area contributed by atoms with Gasteiger partial charge in [-0.15, -0.1) is 0 Å². The fourth-order valence-electron chi connectivity index (χ4n) is 3.02. The third kappa shape index (κ3) is 3.73. The van der Waals surface area contributed by atoms with E-state index < -0.39 is 11.2 Å². The highest BCUT2D eigenvalue weighted by atomic mass is 35.5. The molecule has 0 saturated carbocycles. The maximum Gasteiger partial charge on any atom is 0.332 e. The van der Waals surface area contributed by atoms with Crippen molar-refractivity contribution in [3.63, 3.8) is 0 Å². The molecule has 0 amide bonds. The second-order valence-electron chi connectivity index (χ2n) is 6.73. The van der Waals surface area contributed by atoms with Crippen LogP contribution in [0, 0.1) is 0 Å². The van der Waals surface area contributed by atoms with E-state index >= 15 is 0 Å². The molecule has 0 radical (unpaired) electrons. The van der Waals surface area contributed by atoms with E-state index in [1.165, 1.54) is 9.13 Å². The fraction of sp³-hybridized carbons (Fsp3) is 0.368. The zero-order valence-corrected chi connectivity index (χ0v) is 17.1. The summed E-state index contributed by atoms with van der Waals surface area (Å²) in [6, 6.07) is 7.04. The van der Waals surface area contributed by atoms with E-state index in [1.807, 2.05) is 6.92 Å². The molecule has 1 aromatic carbocycles. The van der Waals surface area contributed by atoms with Crippen molar-refractivity contribution < 1.29 is 0 Å². The number of fused-ring (bicyclic) bond motifs is 1. The van der Waals surface area contributed by atoms with Crippen LogP contribution in [-0.4, -0.2) is 24.4 Å². The van der Waals surface area contributed by atoms with Gasteiger partial charge in [-0.1, -0.05) is 37.1 Å². The highest BCUT2D eigenvalue weighted by Crippen LogP contribution is 2.14. The smallest absolute Gasteiger partial charge is 0.306 e. The molecule has 3 aromatic rings. The van der Waals surface area contributed by atoms with Gasteiger partial charge in [-0.25, -0.2) is 10.2 Å². The van der Waals surface area contributed by atoms with E-state index in [1.54, 1.807) is 42.9 Å². The molecule has 0 aliphatic rings. The van der Waals surface area contributed by atoms with Crippen molar-refractivity contribution in [2.24, 2.45) is 19.2 Å². The molecular weight excluding hydrogens is 380 g/mol. The number of nitrogens with zero attached hydrogens (tertiary/aromatic N) is 5. The van der Waals surface area contributed by atoms with Crippen LogP contribution in [-0.2, 0) is 20.6 Å². The number of benzene rings is 1. The van der Waals surface area contributed by atoms with Crippen molar-refractivity contribution in [2.75, 3.05) is 5.43 Å². The number of nitrogens with one attached hydrogen (secondary N) is 1. The largest absolute Gasteiger partial charge is 0.332 e. The topological polar surface area (TPSA) is 86.2 Å². The molecule has 0 aliphatic carbocycles. The normalized spacial score (nSPS) is 12.0. The van der Waals surface area contributed by atoms with Crippen LogP contribution in [0.25, 0.3) is 11.2 Å². The second-order valence-corrected chi connectivity index (χ2v) is 7.17. The van der Waals surface area contributed by atoms with Gasteiger partial charge >= 0.3 is 5.69 Å². The van der Waals surface area contributed by atoms with Gasteiger partial charge in [0, 0.05) is 24.8 Å². The van der Waals surface area contributed by atoms with E-state index in [4.69, 9.17) is 11.6 Å². The predicted molar refractivity (Wildman–Crippen MR) is 112 cm³/mol. The van der Waals surface area contributed by atoms with Gasteiger partial charge in [0.25, 0.3) is 5.56 Å². The zero-order chi connectivity index (χ0) is 20.4. The Balaban J connectivity index is 2.09. The first kappa shape index (κ1) is 19.9. The van der Waals surface area contributed by atoms with Crippen molar-refractivity contribution in [3.8, 4) is 0 Å². The predicted octanol–water partition coefficient (Wildman–Crippen LogP) is 2.72. The Morgan fingerprint density at radius 3 is 2.50 bits per heavy atom. The molecule has 0 atom stereocenters. The van der Waals surface area contributed by atoms with Crippen molar-refractivity contribution in [3.05, 3.63) is 55.7 Å². The minimum absolute atomic E-state index is 0.153. The van der Waals surface area contributed by atoms with E-state index in [0.29, 0.717) is 22.1 Å². The Morgan fingerprint density at radius 1 is 1.18 bits per heavy atom. The molecule has 0 aliphatic heterocycles. The molecule has 148 valence electrons. The first-order chi connectivity index (χ1) is 13.3. The number of hydrazone groups is 1. The zero-order valence-electron chi connectivity index (χ0n) is 16.4. The van der Waals surface area contributed by atoms with E-state index in [-0.39, 0.29) is 6.54 Å².